The molecule has 0 N–H and O–H groups in total. The molecule has 0 fully saturated rings. The molecule has 0 amide bonds. The largest absolute Gasteiger partial charge is 0.0775 e. The lowest BCUT2D eigenvalue weighted by atomic mass is 10.2. The minimum atomic E-state index is 1.11. The predicted octanol–water partition coefficient (Wildman–Crippen LogP) is 2.07. The van der Waals surface area contributed by atoms with Crippen molar-refractivity contribution in [1.29, 1.82) is 0 Å². The highest BCUT2D eigenvalue weighted by molar-refractivity contribution is 5.27. The second kappa shape index (κ2) is 4.76. The summed E-state index contributed by atoms with van der Waals surface area (Å²) < 4.78 is 0. The highest BCUT2D eigenvalue weighted by Gasteiger charge is 1.78. The molecule has 1 aromatic rings. The number of rotatable bonds is 2. The van der Waals surface area contributed by atoms with Crippen LogP contribution in [-0.4, -0.2) is 0 Å². The molecule has 0 spiro atoms. The van der Waals surface area contributed by atoms with Crippen molar-refractivity contribution < 1.29 is 0 Å². The molecule has 0 aliphatic rings. The zero-order chi connectivity index (χ0) is 8.81. The third-order valence-corrected chi connectivity index (χ3v) is 1.82. The third kappa shape index (κ3) is 2.54. The van der Waals surface area contributed by atoms with Crippen molar-refractivity contribution in [2.75, 3.05) is 0 Å². The van der Waals surface area contributed by atoms with Crippen molar-refractivity contribution in [2.24, 2.45) is 0 Å². The van der Waals surface area contributed by atoms with Crippen molar-refractivity contribution in [3.63, 3.8) is 0 Å². The summed E-state index contributed by atoms with van der Waals surface area (Å²) in [5.41, 5.74) is 0. The van der Waals surface area contributed by atoms with E-state index in [1.165, 1.54) is 10.4 Å². The Labute approximate surface area is 74.2 Å². The first-order valence-electron chi connectivity index (χ1n) is 4.63. The fourth-order valence-corrected chi connectivity index (χ4v) is 1.24. The monoisotopic (exact) mass is 160 g/mol. The van der Waals surface area contributed by atoms with Crippen LogP contribution in [0.25, 0.3) is 12.2 Å². The average Bonchev–Trinajstić information content (AvgIpc) is 2.09. The Morgan fingerprint density at radius 1 is 0.833 bits per heavy atom. The maximum atomic E-state index is 2.23. The Hall–Kier alpha value is -1.04. The summed E-state index contributed by atoms with van der Waals surface area (Å²) in [6, 6.07) is 8.69. The van der Waals surface area contributed by atoms with Gasteiger partial charge in [-0.1, -0.05) is 50.3 Å². The van der Waals surface area contributed by atoms with Crippen molar-refractivity contribution >= 4 is 12.2 Å². The molecule has 0 bridgehead atoms. The van der Waals surface area contributed by atoms with E-state index in [1.807, 2.05) is 0 Å². The Balaban J connectivity index is 3.01. The van der Waals surface area contributed by atoms with E-state index in [0.717, 1.165) is 12.8 Å². The van der Waals surface area contributed by atoms with Crippen LogP contribution in [0.5, 0.6) is 0 Å². The summed E-state index contributed by atoms with van der Waals surface area (Å²) in [4.78, 5) is 0. The van der Waals surface area contributed by atoms with E-state index in [2.05, 4.69) is 50.3 Å². The van der Waals surface area contributed by atoms with Crippen molar-refractivity contribution in [3.05, 3.63) is 34.7 Å². The van der Waals surface area contributed by atoms with Crippen molar-refractivity contribution in [2.45, 2.75) is 26.7 Å². The fourth-order valence-electron chi connectivity index (χ4n) is 1.24. The summed E-state index contributed by atoms with van der Waals surface area (Å²) in [6.45, 7) is 4.32. The van der Waals surface area contributed by atoms with Gasteiger partial charge < -0.3 is 0 Å². The zero-order valence-corrected chi connectivity index (χ0v) is 7.88. The van der Waals surface area contributed by atoms with Gasteiger partial charge in [0.2, 0.25) is 0 Å². The first-order valence-corrected chi connectivity index (χ1v) is 4.63. The smallest absolute Gasteiger partial charge is 0.0296 e. The molecule has 1 rings (SSSR count). The summed E-state index contributed by atoms with van der Waals surface area (Å²) in [7, 11) is 0. The lowest BCUT2D eigenvalue weighted by Crippen LogP contribution is -2.06. The van der Waals surface area contributed by atoms with Gasteiger partial charge in [0.25, 0.3) is 0 Å². The van der Waals surface area contributed by atoms with Gasteiger partial charge >= 0.3 is 0 Å². The van der Waals surface area contributed by atoms with Crippen LogP contribution in [0.1, 0.15) is 26.7 Å². The van der Waals surface area contributed by atoms with Crippen LogP contribution in [-0.2, 0) is 0 Å². The molecule has 0 unspecified atom stereocenters. The van der Waals surface area contributed by atoms with Crippen molar-refractivity contribution in [3.8, 4) is 0 Å². The van der Waals surface area contributed by atoms with Crippen LogP contribution >= 0.6 is 0 Å². The Bertz CT molecular complexity index is 275. The predicted molar refractivity (Wildman–Crippen MR) is 55.2 cm³/mol. The topological polar surface area (TPSA) is 0 Å². The molecule has 0 radical (unpaired) electrons. The first-order chi connectivity index (χ1) is 5.86. The lowest BCUT2D eigenvalue weighted by Gasteiger charge is -1.87. The first kappa shape index (κ1) is 9.05. The normalized spacial score (nSPS) is 9.50. The highest BCUT2D eigenvalue weighted by Crippen LogP contribution is 1.79. The van der Waals surface area contributed by atoms with Gasteiger partial charge in [-0.05, 0) is 23.3 Å². The van der Waals surface area contributed by atoms with Gasteiger partial charge in [0.05, 0.1) is 0 Å². The molecule has 0 saturated carbocycles. The van der Waals surface area contributed by atoms with E-state index in [9.17, 15) is 0 Å². The van der Waals surface area contributed by atoms with Crippen LogP contribution in [0.15, 0.2) is 24.3 Å². The quantitative estimate of drug-likeness (QED) is 0.621. The molecule has 0 aromatic heterocycles. The molecule has 0 atom stereocenters. The Morgan fingerprint density at radius 3 is 1.42 bits per heavy atom. The van der Waals surface area contributed by atoms with Gasteiger partial charge in [-0.15, -0.1) is 0 Å². The SMILES string of the molecule is CCC=c1ccc(=CCC)cc1. The van der Waals surface area contributed by atoms with Crippen LogP contribution in [0, 0.1) is 0 Å². The number of hydrogen-bond donors (Lipinski definition) is 0. The van der Waals surface area contributed by atoms with E-state index in [0.29, 0.717) is 0 Å². The van der Waals surface area contributed by atoms with Crippen molar-refractivity contribution in [1.82, 2.24) is 0 Å². The standard InChI is InChI=1S/C12H16/c1-3-5-11-7-9-12(6-4-2)10-8-11/h5-10H,3-4H2,1-2H3. The molecule has 64 valence electrons. The van der Waals surface area contributed by atoms with Gasteiger partial charge in [-0.3, -0.25) is 0 Å². The number of benzene rings is 1. The van der Waals surface area contributed by atoms with E-state index in [4.69, 9.17) is 0 Å². The zero-order valence-electron chi connectivity index (χ0n) is 7.88. The van der Waals surface area contributed by atoms with Crippen LogP contribution in [0.4, 0.5) is 0 Å². The summed E-state index contributed by atoms with van der Waals surface area (Å²) in [5, 5.41) is 2.65. The second-order valence-electron chi connectivity index (χ2n) is 2.89. The van der Waals surface area contributed by atoms with Crippen LogP contribution in [0.2, 0.25) is 0 Å². The van der Waals surface area contributed by atoms with Gasteiger partial charge in [-0.25, -0.2) is 0 Å². The van der Waals surface area contributed by atoms with Gasteiger partial charge in [0.1, 0.15) is 0 Å². The highest BCUT2D eigenvalue weighted by atomic mass is 13.8. The minimum Gasteiger partial charge on any atom is -0.0775 e. The molecule has 12 heavy (non-hydrogen) atoms. The Morgan fingerprint density at radius 2 is 1.17 bits per heavy atom. The summed E-state index contributed by atoms with van der Waals surface area (Å²) in [6.07, 6.45) is 6.68. The molecule has 0 aliphatic carbocycles. The number of hydrogen-bond acceptors (Lipinski definition) is 0. The van der Waals surface area contributed by atoms with Crippen LogP contribution < -0.4 is 10.4 Å². The van der Waals surface area contributed by atoms with Gasteiger partial charge in [0.15, 0.2) is 0 Å². The Kier molecular flexibility index (Phi) is 3.59. The maximum Gasteiger partial charge on any atom is -0.0296 e. The summed E-state index contributed by atoms with van der Waals surface area (Å²) >= 11 is 0. The van der Waals surface area contributed by atoms with Gasteiger partial charge in [-0.2, -0.15) is 0 Å². The minimum absolute atomic E-state index is 1.11. The molecular weight excluding hydrogens is 144 g/mol. The third-order valence-electron chi connectivity index (χ3n) is 1.82. The van der Waals surface area contributed by atoms with Crippen LogP contribution in [0.3, 0.4) is 0 Å². The molecular formula is C12H16. The molecule has 0 aliphatic heterocycles. The van der Waals surface area contributed by atoms with E-state index < -0.39 is 0 Å². The van der Waals surface area contributed by atoms with E-state index >= 15 is 0 Å². The fraction of sp³-hybridized carbons (Fsp3) is 0.333. The maximum absolute atomic E-state index is 2.23. The second-order valence-corrected chi connectivity index (χ2v) is 2.89. The van der Waals surface area contributed by atoms with E-state index in [1.54, 1.807) is 0 Å². The molecule has 0 nitrogen and oxygen atoms in total. The average molecular weight is 160 g/mol. The van der Waals surface area contributed by atoms with Gasteiger partial charge in [0, 0.05) is 0 Å². The summed E-state index contributed by atoms with van der Waals surface area (Å²) in [5.74, 6) is 0. The lowest BCUT2D eigenvalue weighted by molar-refractivity contribution is 1.27. The molecule has 0 saturated heterocycles. The molecule has 0 heterocycles. The molecule has 0 heteroatoms. The molecule has 1 aromatic carbocycles. The van der Waals surface area contributed by atoms with E-state index in [-0.39, 0.29) is 0 Å².